The topological polar surface area (TPSA) is 49.4 Å². The van der Waals surface area contributed by atoms with E-state index in [0.29, 0.717) is 19.5 Å². The molecule has 0 saturated carbocycles. The molecule has 0 fully saturated rings. The van der Waals surface area contributed by atoms with Crippen molar-refractivity contribution >= 4 is 29.1 Å². The normalized spacial score (nSPS) is 11.0. The summed E-state index contributed by atoms with van der Waals surface area (Å²) in [6.07, 6.45) is 1.31. The SMILES string of the molecule is CCCC(=O)NCCN(C(=O)CCl)c1c(C(C)C)cccc1C(C)C. The van der Waals surface area contributed by atoms with Crippen LogP contribution in [0.25, 0.3) is 0 Å². The van der Waals surface area contributed by atoms with E-state index in [1.54, 1.807) is 4.90 Å². The molecule has 4 nitrogen and oxygen atoms in total. The zero-order chi connectivity index (χ0) is 19.0. The Kier molecular flexibility index (Phi) is 8.98. The van der Waals surface area contributed by atoms with Crippen LogP contribution in [0.2, 0.25) is 0 Å². The summed E-state index contributed by atoms with van der Waals surface area (Å²) in [6, 6.07) is 6.17. The maximum absolute atomic E-state index is 12.5. The van der Waals surface area contributed by atoms with Gasteiger partial charge in [-0.25, -0.2) is 0 Å². The Morgan fingerprint density at radius 3 is 2.12 bits per heavy atom. The molecule has 0 bridgehead atoms. The smallest absolute Gasteiger partial charge is 0.241 e. The molecule has 0 heterocycles. The van der Waals surface area contributed by atoms with Crippen molar-refractivity contribution in [1.82, 2.24) is 5.32 Å². The monoisotopic (exact) mass is 366 g/mol. The lowest BCUT2D eigenvalue weighted by molar-refractivity contribution is -0.121. The molecule has 25 heavy (non-hydrogen) atoms. The third-order valence-corrected chi connectivity index (χ3v) is 4.39. The lowest BCUT2D eigenvalue weighted by atomic mass is 9.92. The van der Waals surface area contributed by atoms with Crippen LogP contribution in [0.3, 0.4) is 0 Å². The molecule has 0 aliphatic heterocycles. The number of benzene rings is 1. The quantitative estimate of drug-likeness (QED) is 0.657. The van der Waals surface area contributed by atoms with Gasteiger partial charge in [0.25, 0.3) is 0 Å². The number of nitrogens with one attached hydrogen (secondary N) is 1. The molecule has 0 unspecified atom stereocenters. The van der Waals surface area contributed by atoms with Gasteiger partial charge in [0.05, 0.1) is 5.69 Å². The van der Waals surface area contributed by atoms with E-state index in [-0.39, 0.29) is 29.5 Å². The maximum atomic E-state index is 12.5. The van der Waals surface area contributed by atoms with E-state index in [0.717, 1.165) is 23.2 Å². The predicted molar refractivity (Wildman–Crippen MR) is 106 cm³/mol. The fourth-order valence-corrected chi connectivity index (χ4v) is 3.02. The number of para-hydroxylation sites is 1. The van der Waals surface area contributed by atoms with Crippen molar-refractivity contribution in [2.45, 2.75) is 59.3 Å². The highest BCUT2D eigenvalue weighted by Gasteiger charge is 2.23. The fraction of sp³-hybridized carbons (Fsp3) is 0.600. The summed E-state index contributed by atoms with van der Waals surface area (Å²) in [7, 11) is 0. The second kappa shape index (κ2) is 10.4. The van der Waals surface area contributed by atoms with Crippen LogP contribution in [-0.4, -0.2) is 30.8 Å². The first-order chi connectivity index (χ1) is 11.8. The van der Waals surface area contributed by atoms with Crippen molar-refractivity contribution in [3.8, 4) is 0 Å². The van der Waals surface area contributed by atoms with Gasteiger partial charge in [-0.15, -0.1) is 11.6 Å². The van der Waals surface area contributed by atoms with Crippen LogP contribution in [-0.2, 0) is 9.59 Å². The van der Waals surface area contributed by atoms with E-state index in [1.165, 1.54) is 0 Å². The summed E-state index contributed by atoms with van der Waals surface area (Å²) in [5.41, 5.74) is 3.21. The second-order valence-corrected chi connectivity index (χ2v) is 7.14. The van der Waals surface area contributed by atoms with Crippen LogP contribution in [0.1, 0.15) is 70.4 Å². The number of carbonyl (C=O) groups excluding carboxylic acids is 2. The van der Waals surface area contributed by atoms with Crippen LogP contribution in [0.4, 0.5) is 5.69 Å². The molecule has 0 spiro atoms. The zero-order valence-corrected chi connectivity index (χ0v) is 16.8. The van der Waals surface area contributed by atoms with Crippen molar-refractivity contribution < 1.29 is 9.59 Å². The number of halogens is 1. The van der Waals surface area contributed by atoms with Gasteiger partial charge in [-0.3, -0.25) is 9.59 Å². The Bertz CT molecular complexity index is 559. The van der Waals surface area contributed by atoms with Crippen LogP contribution < -0.4 is 10.2 Å². The van der Waals surface area contributed by atoms with Gasteiger partial charge in [0, 0.05) is 19.5 Å². The average molecular weight is 367 g/mol. The van der Waals surface area contributed by atoms with Gasteiger partial charge in [-0.05, 0) is 29.4 Å². The first-order valence-electron chi connectivity index (χ1n) is 9.09. The van der Waals surface area contributed by atoms with Gasteiger partial charge in [0.15, 0.2) is 0 Å². The Labute approximate surface area is 156 Å². The van der Waals surface area contributed by atoms with E-state index in [1.807, 2.05) is 13.0 Å². The van der Waals surface area contributed by atoms with Crippen molar-refractivity contribution in [2.24, 2.45) is 0 Å². The maximum Gasteiger partial charge on any atom is 0.241 e. The minimum absolute atomic E-state index is 0.0157. The molecule has 0 aromatic heterocycles. The molecule has 5 heteroatoms. The Morgan fingerprint density at radius 2 is 1.68 bits per heavy atom. The van der Waals surface area contributed by atoms with Gasteiger partial charge < -0.3 is 10.2 Å². The molecule has 1 rings (SSSR count). The molecule has 1 aromatic rings. The number of hydrogen-bond acceptors (Lipinski definition) is 2. The highest BCUT2D eigenvalue weighted by molar-refractivity contribution is 6.29. The van der Waals surface area contributed by atoms with E-state index in [9.17, 15) is 9.59 Å². The van der Waals surface area contributed by atoms with Crippen LogP contribution >= 0.6 is 11.6 Å². The van der Waals surface area contributed by atoms with Crippen LogP contribution in [0.15, 0.2) is 18.2 Å². The lowest BCUT2D eigenvalue weighted by Crippen LogP contribution is -2.40. The van der Waals surface area contributed by atoms with Crippen LogP contribution in [0.5, 0.6) is 0 Å². The van der Waals surface area contributed by atoms with Crippen molar-refractivity contribution in [3.63, 3.8) is 0 Å². The summed E-state index contributed by atoms with van der Waals surface area (Å²) in [5.74, 6) is 0.374. The van der Waals surface area contributed by atoms with E-state index >= 15 is 0 Å². The molecule has 0 atom stereocenters. The lowest BCUT2D eigenvalue weighted by Gasteiger charge is -2.30. The molecular formula is C20H31ClN2O2. The van der Waals surface area contributed by atoms with E-state index in [4.69, 9.17) is 11.6 Å². The van der Waals surface area contributed by atoms with E-state index < -0.39 is 0 Å². The van der Waals surface area contributed by atoms with Gasteiger partial charge >= 0.3 is 0 Å². The number of amides is 2. The Hall–Kier alpha value is -1.55. The second-order valence-electron chi connectivity index (χ2n) is 6.87. The number of carbonyl (C=O) groups is 2. The molecule has 0 radical (unpaired) electrons. The summed E-state index contributed by atoms with van der Waals surface area (Å²) >= 11 is 5.87. The van der Waals surface area contributed by atoms with Gasteiger partial charge in [0.1, 0.15) is 5.88 Å². The molecule has 0 aliphatic carbocycles. The van der Waals surface area contributed by atoms with Gasteiger partial charge in [0.2, 0.25) is 11.8 Å². The standard InChI is InChI=1S/C20H31ClN2O2/c1-6-8-18(24)22-11-12-23(19(25)13-21)20-16(14(2)3)9-7-10-17(20)15(4)5/h7,9-10,14-15H,6,8,11-13H2,1-5H3,(H,22,24). The molecule has 1 N–H and O–H groups in total. The molecule has 1 aromatic carbocycles. The number of hydrogen-bond donors (Lipinski definition) is 1. The largest absolute Gasteiger partial charge is 0.354 e. The van der Waals surface area contributed by atoms with Gasteiger partial charge in [-0.2, -0.15) is 0 Å². The number of nitrogens with zero attached hydrogens (tertiary/aromatic N) is 1. The Balaban J connectivity index is 3.18. The minimum atomic E-state index is -0.138. The molecular weight excluding hydrogens is 336 g/mol. The van der Waals surface area contributed by atoms with Crippen molar-refractivity contribution in [1.29, 1.82) is 0 Å². The first kappa shape index (κ1) is 21.5. The summed E-state index contributed by atoms with van der Waals surface area (Å²) < 4.78 is 0. The predicted octanol–water partition coefficient (Wildman–Crippen LogP) is 4.42. The fourth-order valence-electron chi connectivity index (χ4n) is 2.88. The molecule has 140 valence electrons. The molecule has 0 aliphatic rings. The number of rotatable bonds is 9. The third kappa shape index (κ3) is 6.03. The molecule has 2 amide bonds. The van der Waals surface area contributed by atoms with Crippen molar-refractivity contribution in [3.05, 3.63) is 29.3 Å². The minimum Gasteiger partial charge on any atom is -0.354 e. The number of anilines is 1. The van der Waals surface area contributed by atoms with Crippen molar-refractivity contribution in [2.75, 3.05) is 23.9 Å². The first-order valence-corrected chi connectivity index (χ1v) is 9.62. The summed E-state index contributed by atoms with van der Waals surface area (Å²) in [4.78, 5) is 26.0. The highest BCUT2D eigenvalue weighted by atomic mass is 35.5. The zero-order valence-electron chi connectivity index (χ0n) is 16.1. The van der Waals surface area contributed by atoms with Crippen LogP contribution in [0, 0.1) is 0 Å². The van der Waals surface area contributed by atoms with E-state index in [2.05, 4.69) is 45.1 Å². The molecule has 0 saturated heterocycles. The van der Waals surface area contributed by atoms with Gasteiger partial charge in [-0.1, -0.05) is 52.8 Å². The highest BCUT2D eigenvalue weighted by Crippen LogP contribution is 2.35. The summed E-state index contributed by atoms with van der Waals surface area (Å²) in [6.45, 7) is 11.3. The average Bonchev–Trinajstić information content (AvgIpc) is 2.57. The Morgan fingerprint density at radius 1 is 1.12 bits per heavy atom. The third-order valence-electron chi connectivity index (χ3n) is 4.16. The number of alkyl halides is 1. The summed E-state index contributed by atoms with van der Waals surface area (Å²) in [5, 5.41) is 2.88.